The number of carbonyl (C=O) groups is 2. The molecule has 1 atom stereocenters. The Labute approximate surface area is 215 Å². The molecule has 1 amide bonds. The molecule has 1 N–H and O–H groups in total. The number of ketones is 1. The van der Waals surface area contributed by atoms with Crippen LogP contribution in [0.1, 0.15) is 75.3 Å². The minimum atomic E-state index is -0.643. The molecule has 1 heterocycles. The van der Waals surface area contributed by atoms with Crippen LogP contribution in [0.2, 0.25) is 0 Å². The van der Waals surface area contributed by atoms with Gasteiger partial charge in [-0.1, -0.05) is 58.9 Å². The van der Waals surface area contributed by atoms with Crippen molar-refractivity contribution in [3.05, 3.63) is 70.3 Å². The second-order valence-corrected chi connectivity index (χ2v) is 9.67. The van der Waals surface area contributed by atoms with Crippen molar-refractivity contribution in [2.45, 2.75) is 59.9 Å². The lowest BCUT2D eigenvalue weighted by atomic mass is 9.92. The quantitative estimate of drug-likeness (QED) is 0.249. The molecule has 2 aromatic carbocycles. The topological polar surface area (TPSA) is 70.1 Å². The van der Waals surface area contributed by atoms with Crippen LogP contribution in [-0.4, -0.2) is 59.4 Å². The predicted molar refractivity (Wildman–Crippen MR) is 144 cm³/mol. The van der Waals surface area contributed by atoms with Gasteiger partial charge in [-0.25, -0.2) is 0 Å². The third kappa shape index (κ3) is 5.81. The highest BCUT2D eigenvalue weighted by Gasteiger charge is 2.46. The Morgan fingerprint density at radius 1 is 1.06 bits per heavy atom. The van der Waals surface area contributed by atoms with Crippen molar-refractivity contribution in [1.29, 1.82) is 0 Å². The summed E-state index contributed by atoms with van der Waals surface area (Å²) in [5, 5.41) is 11.4. The van der Waals surface area contributed by atoms with Crippen LogP contribution >= 0.6 is 0 Å². The molecule has 1 aliphatic heterocycles. The van der Waals surface area contributed by atoms with Crippen LogP contribution in [0.25, 0.3) is 5.76 Å². The molecule has 0 spiro atoms. The molecule has 0 aliphatic carbocycles. The number of carbonyl (C=O) groups excluding carboxylic acids is 2. The van der Waals surface area contributed by atoms with Gasteiger partial charge in [-0.15, -0.1) is 0 Å². The van der Waals surface area contributed by atoms with Crippen LogP contribution in [0.5, 0.6) is 5.75 Å². The van der Waals surface area contributed by atoms with E-state index < -0.39 is 17.7 Å². The lowest BCUT2D eigenvalue weighted by Gasteiger charge is -2.28. The first kappa shape index (κ1) is 27.5. The summed E-state index contributed by atoms with van der Waals surface area (Å²) in [7, 11) is 0. The van der Waals surface area contributed by atoms with Gasteiger partial charge in [-0.2, -0.15) is 0 Å². The maximum Gasteiger partial charge on any atom is 0.295 e. The van der Waals surface area contributed by atoms with Gasteiger partial charge >= 0.3 is 0 Å². The largest absolute Gasteiger partial charge is 0.507 e. The molecule has 1 aliphatic rings. The van der Waals surface area contributed by atoms with E-state index in [1.807, 2.05) is 44.2 Å². The van der Waals surface area contributed by atoms with Crippen LogP contribution < -0.4 is 4.74 Å². The first-order valence-electron chi connectivity index (χ1n) is 13.1. The van der Waals surface area contributed by atoms with Crippen LogP contribution in [-0.2, 0) is 9.59 Å². The van der Waals surface area contributed by atoms with Gasteiger partial charge in [0.2, 0.25) is 0 Å². The molecule has 36 heavy (non-hydrogen) atoms. The van der Waals surface area contributed by atoms with Crippen LogP contribution in [0, 0.1) is 6.92 Å². The van der Waals surface area contributed by atoms with E-state index in [4.69, 9.17) is 4.74 Å². The van der Waals surface area contributed by atoms with E-state index in [9.17, 15) is 14.7 Å². The number of nitrogens with zero attached hydrogens (tertiary/aromatic N) is 2. The number of likely N-dealkylation sites (N-methyl/N-ethyl adjacent to an activating group) is 1. The second-order valence-electron chi connectivity index (χ2n) is 9.67. The Morgan fingerprint density at radius 2 is 1.72 bits per heavy atom. The first-order chi connectivity index (χ1) is 17.2. The average Bonchev–Trinajstić information content (AvgIpc) is 3.12. The zero-order valence-corrected chi connectivity index (χ0v) is 22.5. The van der Waals surface area contributed by atoms with Gasteiger partial charge in [0.1, 0.15) is 11.5 Å². The van der Waals surface area contributed by atoms with Crippen molar-refractivity contribution in [2.24, 2.45) is 0 Å². The van der Waals surface area contributed by atoms with Gasteiger partial charge < -0.3 is 19.6 Å². The fourth-order valence-electron chi connectivity index (χ4n) is 4.67. The number of aliphatic hydroxyl groups is 1. The molecule has 0 radical (unpaired) electrons. The number of hydrogen-bond donors (Lipinski definition) is 1. The van der Waals surface area contributed by atoms with Crippen molar-refractivity contribution in [3.63, 3.8) is 0 Å². The fraction of sp³-hybridized carbons (Fsp3) is 0.467. The number of amides is 1. The Kier molecular flexibility index (Phi) is 9.32. The summed E-state index contributed by atoms with van der Waals surface area (Å²) in [5.41, 5.74) is 3.45. The molecule has 1 fully saturated rings. The molecule has 2 aromatic rings. The molecular formula is C30H40N2O4. The maximum atomic E-state index is 13.3. The van der Waals surface area contributed by atoms with Crippen molar-refractivity contribution >= 4 is 17.4 Å². The molecule has 0 aromatic heterocycles. The summed E-state index contributed by atoms with van der Waals surface area (Å²) in [6.07, 6.45) is 0.896. The number of aryl methyl sites for hydroxylation is 1. The molecule has 194 valence electrons. The summed E-state index contributed by atoms with van der Waals surface area (Å²) in [4.78, 5) is 30.4. The van der Waals surface area contributed by atoms with Crippen molar-refractivity contribution < 1.29 is 19.4 Å². The van der Waals surface area contributed by atoms with Gasteiger partial charge in [-0.3, -0.25) is 9.59 Å². The summed E-state index contributed by atoms with van der Waals surface area (Å²) in [6, 6.07) is 12.8. The van der Waals surface area contributed by atoms with E-state index in [0.717, 1.165) is 30.6 Å². The van der Waals surface area contributed by atoms with Crippen LogP contribution in [0.3, 0.4) is 0 Å². The molecule has 1 saturated heterocycles. The van der Waals surface area contributed by atoms with Crippen LogP contribution in [0.4, 0.5) is 0 Å². The number of benzene rings is 2. The number of Topliss-reactive ketones (excluding diaryl/α,β-unsaturated/α-hetero) is 1. The average molecular weight is 493 g/mol. The smallest absolute Gasteiger partial charge is 0.295 e. The van der Waals surface area contributed by atoms with Gasteiger partial charge in [0.25, 0.3) is 11.7 Å². The summed E-state index contributed by atoms with van der Waals surface area (Å²) in [6.45, 7) is 15.7. The minimum Gasteiger partial charge on any atom is -0.507 e. The monoisotopic (exact) mass is 492 g/mol. The zero-order chi connectivity index (χ0) is 26.4. The number of hydrogen-bond acceptors (Lipinski definition) is 5. The number of ether oxygens (including phenoxy) is 1. The molecule has 0 saturated carbocycles. The highest BCUT2D eigenvalue weighted by atomic mass is 16.5. The predicted octanol–water partition coefficient (Wildman–Crippen LogP) is 5.67. The van der Waals surface area contributed by atoms with E-state index in [1.165, 1.54) is 5.56 Å². The lowest BCUT2D eigenvalue weighted by Crippen LogP contribution is -2.38. The van der Waals surface area contributed by atoms with E-state index in [1.54, 1.807) is 17.0 Å². The van der Waals surface area contributed by atoms with Crippen molar-refractivity contribution in [3.8, 4) is 5.75 Å². The molecule has 0 bridgehead atoms. The number of likely N-dealkylation sites (tertiary alicyclic amines) is 1. The summed E-state index contributed by atoms with van der Waals surface area (Å²) >= 11 is 0. The summed E-state index contributed by atoms with van der Waals surface area (Å²) in [5.74, 6) is -0.273. The fourth-order valence-corrected chi connectivity index (χ4v) is 4.67. The summed E-state index contributed by atoms with van der Waals surface area (Å²) < 4.78 is 5.72. The van der Waals surface area contributed by atoms with E-state index in [2.05, 4.69) is 32.6 Å². The molecule has 6 heteroatoms. The minimum absolute atomic E-state index is 0.141. The van der Waals surface area contributed by atoms with E-state index in [0.29, 0.717) is 36.9 Å². The Hall–Kier alpha value is -3.12. The third-order valence-electron chi connectivity index (χ3n) is 6.94. The van der Waals surface area contributed by atoms with E-state index >= 15 is 0 Å². The van der Waals surface area contributed by atoms with Crippen molar-refractivity contribution in [2.75, 3.05) is 32.8 Å². The lowest BCUT2D eigenvalue weighted by molar-refractivity contribution is -0.140. The molecule has 3 rings (SSSR count). The van der Waals surface area contributed by atoms with Gasteiger partial charge in [0.15, 0.2) is 0 Å². The van der Waals surface area contributed by atoms with Gasteiger partial charge in [-0.05, 0) is 67.2 Å². The highest BCUT2D eigenvalue weighted by molar-refractivity contribution is 6.46. The number of rotatable bonds is 11. The Morgan fingerprint density at radius 3 is 2.28 bits per heavy atom. The maximum absolute atomic E-state index is 13.3. The molecular weight excluding hydrogens is 452 g/mol. The van der Waals surface area contributed by atoms with Crippen molar-refractivity contribution in [1.82, 2.24) is 9.80 Å². The van der Waals surface area contributed by atoms with Gasteiger partial charge in [0, 0.05) is 18.7 Å². The van der Waals surface area contributed by atoms with E-state index in [-0.39, 0.29) is 11.3 Å². The highest BCUT2D eigenvalue weighted by Crippen LogP contribution is 2.40. The normalized spacial score (nSPS) is 17.4. The standard InChI is InChI=1S/C30H40N2O4/c1-7-18-36-24-14-15-25(21(6)19-24)28(33)26-27(23-12-10-22(11-13-23)20(4)5)32(30(35)29(26)34)17-16-31(8-2)9-3/h10-15,19-20,27,33H,7-9,16-18H2,1-6H3. The molecule has 6 nitrogen and oxygen atoms in total. The third-order valence-corrected chi connectivity index (χ3v) is 6.94. The molecule has 1 unspecified atom stereocenters. The SMILES string of the molecule is CCCOc1ccc(C(O)=C2C(=O)C(=O)N(CCN(CC)CC)C2c2ccc(C(C)C)cc2)c(C)c1. The zero-order valence-electron chi connectivity index (χ0n) is 22.5. The Bertz CT molecular complexity index is 1100. The van der Waals surface area contributed by atoms with Crippen LogP contribution in [0.15, 0.2) is 48.0 Å². The van der Waals surface area contributed by atoms with Gasteiger partial charge in [0.05, 0.1) is 18.2 Å². The number of aliphatic hydroxyl groups excluding tert-OH is 1. The second kappa shape index (κ2) is 12.2. The first-order valence-corrected chi connectivity index (χ1v) is 13.1. The Balaban J connectivity index is 2.09.